The Labute approximate surface area is 97.5 Å². The van der Waals surface area contributed by atoms with E-state index in [-0.39, 0.29) is 5.41 Å². The predicted octanol–water partition coefficient (Wildman–Crippen LogP) is 0.561. The molecule has 86 valence electrons. The van der Waals surface area contributed by atoms with Crippen molar-refractivity contribution < 1.29 is 4.21 Å². The summed E-state index contributed by atoms with van der Waals surface area (Å²) in [7, 11) is 1.25. The Kier molecular flexibility index (Phi) is 2.33. The fourth-order valence-electron chi connectivity index (χ4n) is 2.71. The fraction of sp³-hybridized carbons (Fsp3) is 0.636. The van der Waals surface area contributed by atoms with E-state index in [1.165, 1.54) is 0 Å². The number of hydrogen-bond donors (Lipinski definition) is 0. The summed E-state index contributed by atoms with van der Waals surface area (Å²) in [5, 5.41) is 0. The Bertz CT molecular complexity index is 441. The third kappa shape index (κ3) is 1.42. The van der Waals surface area contributed by atoms with Crippen LogP contribution in [0.2, 0.25) is 0 Å². The summed E-state index contributed by atoms with van der Waals surface area (Å²) in [6, 6.07) is 0. The highest BCUT2D eigenvalue weighted by Crippen LogP contribution is 2.42. The van der Waals surface area contributed by atoms with E-state index in [1.807, 2.05) is 0 Å². The molecule has 0 radical (unpaired) electrons. The number of fused-ring (bicyclic) bond motifs is 2. The summed E-state index contributed by atoms with van der Waals surface area (Å²) in [6.07, 6.45) is 5.45. The van der Waals surface area contributed by atoms with Crippen molar-refractivity contribution in [3.8, 4) is 0 Å². The molecule has 2 aliphatic heterocycles. The van der Waals surface area contributed by atoms with Crippen molar-refractivity contribution >= 4 is 10.8 Å². The summed E-state index contributed by atoms with van der Waals surface area (Å²) < 4.78 is 12.0. The topological polar surface area (TPSA) is 46.1 Å². The van der Waals surface area contributed by atoms with Crippen LogP contribution in [0.25, 0.3) is 0 Å². The maximum Gasteiger partial charge on any atom is 0.115 e. The van der Waals surface area contributed by atoms with Crippen molar-refractivity contribution in [2.45, 2.75) is 23.2 Å². The Morgan fingerprint density at radius 2 is 2.19 bits per heavy atom. The molecule has 2 aliphatic rings. The van der Waals surface area contributed by atoms with Gasteiger partial charge in [0.05, 0.1) is 21.4 Å². The Balaban J connectivity index is 2.02. The zero-order valence-electron chi connectivity index (χ0n) is 9.35. The van der Waals surface area contributed by atoms with Gasteiger partial charge < -0.3 is 4.90 Å². The average molecular weight is 237 g/mol. The van der Waals surface area contributed by atoms with Crippen molar-refractivity contribution in [3.05, 3.63) is 18.2 Å². The lowest BCUT2D eigenvalue weighted by atomic mass is 9.77. The molecule has 3 rings (SSSR count). The Hall–Kier alpha value is -0.810. The Morgan fingerprint density at radius 1 is 1.44 bits per heavy atom. The minimum Gasteiger partial charge on any atom is -0.306 e. The van der Waals surface area contributed by atoms with E-state index in [1.54, 1.807) is 12.5 Å². The molecule has 3 heterocycles. The lowest BCUT2D eigenvalue weighted by molar-refractivity contribution is 0.200. The van der Waals surface area contributed by atoms with Gasteiger partial charge in [-0.15, -0.1) is 0 Å². The minimum atomic E-state index is -0.889. The lowest BCUT2D eigenvalue weighted by Gasteiger charge is -2.36. The molecule has 0 bridgehead atoms. The summed E-state index contributed by atoms with van der Waals surface area (Å²) in [5.74, 6) is 0.745. The van der Waals surface area contributed by atoms with Crippen LogP contribution in [0.15, 0.2) is 17.4 Å². The number of aromatic nitrogens is 2. The SMILES string of the molecule is CN1CCC2(CC1)CS(=O)c1cncnc12. The van der Waals surface area contributed by atoms with Crippen molar-refractivity contribution in [1.82, 2.24) is 14.9 Å². The molecular formula is C11H15N3OS. The van der Waals surface area contributed by atoms with Gasteiger partial charge in [-0.1, -0.05) is 0 Å². The first kappa shape index (κ1) is 10.4. The second-order valence-corrected chi connectivity index (χ2v) is 6.23. The smallest absolute Gasteiger partial charge is 0.115 e. The van der Waals surface area contributed by atoms with Crippen LogP contribution in [0.1, 0.15) is 18.5 Å². The largest absolute Gasteiger partial charge is 0.306 e. The molecule has 1 atom stereocenters. The van der Waals surface area contributed by atoms with Crippen LogP contribution >= 0.6 is 0 Å². The van der Waals surface area contributed by atoms with Crippen molar-refractivity contribution in [3.63, 3.8) is 0 Å². The molecule has 0 aliphatic carbocycles. The Morgan fingerprint density at radius 3 is 2.94 bits per heavy atom. The molecular weight excluding hydrogens is 222 g/mol. The van der Waals surface area contributed by atoms with Crippen LogP contribution in [0.5, 0.6) is 0 Å². The van der Waals surface area contributed by atoms with Gasteiger partial charge in [-0.3, -0.25) is 4.21 Å². The van der Waals surface area contributed by atoms with Crippen LogP contribution < -0.4 is 0 Å². The fourth-order valence-corrected chi connectivity index (χ4v) is 4.45. The second kappa shape index (κ2) is 3.60. The predicted molar refractivity (Wildman–Crippen MR) is 61.7 cm³/mol. The highest BCUT2D eigenvalue weighted by Gasteiger charge is 2.45. The van der Waals surface area contributed by atoms with E-state index >= 15 is 0 Å². The van der Waals surface area contributed by atoms with Crippen molar-refractivity contribution in [1.29, 1.82) is 0 Å². The maximum absolute atomic E-state index is 12.0. The molecule has 5 heteroatoms. The zero-order chi connectivity index (χ0) is 11.2. The third-order valence-electron chi connectivity index (χ3n) is 3.78. The standard InChI is InChI=1S/C11H15N3OS/c1-14-4-2-11(3-5-14)7-16(15)9-6-12-8-13-10(9)11/h6,8H,2-5,7H2,1H3. The molecule has 1 unspecified atom stereocenters. The lowest BCUT2D eigenvalue weighted by Crippen LogP contribution is -2.42. The number of nitrogens with zero attached hydrogens (tertiary/aromatic N) is 3. The number of piperidine rings is 1. The third-order valence-corrected chi connectivity index (χ3v) is 5.38. The molecule has 4 nitrogen and oxygen atoms in total. The molecule has 1 aromatic rings. The molecule has 0 aromatic carbocycles. The first-order chi connectivity index (χ1) is 7.71. The van der Waals surface area contributed by atoms with E-state index in [0.29, 0.717) is 0 Å². The van der Waals surface area contributed by atoms with Gasteiger partial charge in [0.2, 0.25) is 0 Å². The molecule has 0 saturated carbocycles. The molecule has 0 N–H and O–H groups in total. The summed E-state index contributed by atoms with van der Waals surface area (Å²) in [6.45, 7) is 2.14. The van der Waals surface area contributed by atoms with Crippen molar-refractivity contribution in [2.75, 3.05) is 25.9 Å². The van der Waals surface area contributed by atoms with Crippen LogP contribution in [-0.2, 0) is 16.2 Å². The van der Waals surface area contributed by atoms with Gasteiger partial charge in [-0.05, 0) is 33.0 Å². The van der Waals surface area contributed by atoms with Gasteiger partial charge in [-0.25, -0.2) is 9.97 Å². The maximum atomic E-state index is 12.0. The van der Waals surface area contributed by atoms with Gasteiger partial charge in [0.1, 0.15) is 6.33 Å². The van der Waals surface area contributed by atoms with Crippen LogP contribution in [0.4, 0.5) is 0 Å². The van der Waals surface area contributed by atoms with Crippen LogP contribution in [0.3, 0.4) is 0 Å². The first-order valence-electron chi connectivity index (χ1n) is 5.59. The molecule has 0 amide bonds. The molecule has 1 aromatic heterocycles. The monoisotopic (exact) mass is 237 g/mol. The molecule has 16 heavy (non-hydrogen) atoms. The number of rotatable bonds is 0. The van der Waals surface area contributed by atoms with E-state index in [2.05, 4.69) is 21.9 Å². The molecule has 1 saturated heterocycles. The summed E-state index contributed by atoms with van der Waals surface area (Å²) >= 11 is 0. The van der Waals surface area contributed by atoms with Gasteiger partial charge in [-0.2, -0.15) is 0 Å². The minimum absolute atomic E-state index is 0.0651. The molecule has 1 spiro atoms. The average Bonchev–Trinajstić information content (AvgIpc) is 2.58. The van der Waals surface area contributed by atoms with Gasteiger partial charge in [0.25, 0.3) is 0 Å². The summed E-state index contributed by atoms with van der Waals surface area (Å²) in [5.41, 5.74) is 1.12. The quantitative estimate of drug-likeness (QED) is 0.661. The highest BCUT2D eigenvalue weighted by molar-refractivity contribution is 7.85. The first-order valence-corrected chi connectivity index (χ1v) is 6.91. The second-order valence-electron chi connectivity index (χ2n) is 4.81. The number of hydrogen-bond acceptors (Lipinski definition) is 4. The normalized spacial score (nSPS) is 28.2. The van der Waals surface area contributed by atoms with Crippen molar-refractivity contribution in [2.24, 2.45) is 0 Å². The van der Waals surface area contributed by atoms with Gasteiger partial charge in [0.15, 0.2) is 0 Å². The zero-order valence-corrected chi connectivity index (χ0v) is 10.2. The van der Waals surface area contributed by atoms with E-state index < -0.39 is 10.8 Å². The van der Waals surface area contributed by atoms with E-state index in [4.69, 9.17) is 0 Å². The highest BCUT2D eigenvalue weighted by atomic mass is 32.2. The van der Waals surface area contributed by atoms with Crippen LogP contribution in [-0.4, -0.2) is 45.0 Å². The number of likely N-dealkylation sites (tertiary alicyclic amines) is 1. The van der Waals surface area contributed by atoms with E-state index in [0.717, 1.165) is 42.3 Å². The summed E-state index contributed by atoms with van der Waals surface area (Å²) in [4.78, 5) is 11.6. The van der Waals surface area contributed by atoms with Gasteiger partial charge >= 0.3 is 0 Å². The van der Waals surface area contributed by atoms with Crippen LogP contribution in [0, 0.1) is 0 Å². The van der Waals surface area contributed by atoms with Gasteiger partial charge in [0, 0.05) is 17.4 Å². The molecule has 1 fully saturated rings. The van der Waals surface area contributed by atoms with E-state index in [9.17, 15) is 4.21 Å².